The maximum Gasteiger partial charge on any atom is 0.237 e. The van der Waals surface area contributed by atoms with E-state index in [9.17, 15) is 9.18 Å². The summed E-state index contributed by atoms with van der Waals surface area (Å²) < 4.78 is 18.8. The smallest absolute Gasteiger partial charge is 0.237 e. The van der Waals surface area contributed by atoms with Gasteiger partial charge in [0.2, 0.25) is 5.91 Å². The largest absolute Gasteiger partial charge is 0.392 e. The van der Waals surface area contributed by atoms with Gasteiger partial charge in [0, 0.05) is 17.7 Å². The fourth-order valence-electron chi connectivity index (χ4n) is 2.20. The minimum absolute atomic E-state index is 0.0976. The molecule has 114 valence electrons. The Labute approximate surface area is 140 Å². The lowest BCUT2D eigenvalue weighted by atomic mass is 9.79. The third-order valence-electron chi connectivity index (χ3n) is 3.50. The van der Waals surface area contributed by atoms with Gasteiger partial charge in [-0.25, -0.2) is 4.39 Å². The van der Waals surface area contributed by atoms with E-state index in [-0.39, 0.29) is 15.9 Å². The molecule has 0 unspecified atom stereocenters. The van der Waals surface area contributed by atoms with Crippen LogP contribution in [0, 0.1) is 11.2 Å². The first-order valence-corrected chi connectivity index (χ1v) is 7.78. The summed E-state index contributed by atoms with van der Waals surface area (Å²) in [6.07, 6.45) is 0.815. The van der Waals surface area contributed by atoms with Gasteiger partial charge >= 0.3 is 0 Å². The number of benzene rings is 1. The molecule has 0 bridgehead atoms. The molecule has 1 aliphatic rings. The fourth-order valence-corrected chi connectivity index (χ4v) is 3.40. The fraction of sp³-hybridized carbons (Fsp3) is 0.385. The summed E-state index contributed by atoms with van der Waals surface area (Å²) in [6, 6.07) is 2.35. The van der Waals surface area contributed by atoms with E-state index in [0.29, 0.717) is 36.2 Å². The van der Waals surface area contributed by atoms with E-state index in [2.05, 4.69) is 21.2 Å². The lowest BCUT2D eigenvalue weighted by molar-refractivity contribution is -0.126. The molecular formula is C13H13BrClFN2O2S. The van der Waals surface area contributed by atoms with E-state index in [1.54, 1.807) is 0 Å². The van der Waals surface area contributed by atoms with E-state index < -0.39 is 11.2 Å². The van der Waals surface area contributed by atoms with Crippen LogP contribution in [0.25, 0.3) is 0 Å². The zero-order valence-corrected chi connectivity index (χ0v) is 14.1. The number of amides is 1. The molecule has 1 aliphatic heterocycles. The second-order valence-corrected chi connectivity index (χ2v) is 6.46. The highest BCUT2D eigenvalue weighted by atomic mass is 79.9. The first-order chi connectivity index (χ1) is 9.86. The van der Waals surface area contributed by atoms with Crippen LogP contribution in [-0.2, 0) is 9.53 Å². The third kappa shape index (κ3) is 3.36. The molecule has 4 nitrogen and oxygen atoms in total. The minimum Gasteiger partial charge on any atom is -0.392 e. The third-order valence-corrected chi connectivity index (χ3v) is 4.81. The van der Waals surface area contributed by atoms with Crippen molar-refractivity contribution in [2.24, 2.45) is 11.1 Å². The normalized spacial score (nSPS) is 17.3. The van der Waals surface area contributed by atoms with Crippen molar-refractivity contribution < 1.29 is 13.9 Å². The molecule has 1 heterocycles. The predicted molar refractivity (Wildman–Crippen MR) is 87.0 cm³/mol. The summed E-state index contributed by atoms with van der Waals surface area (Å²) in [7, 11) is 0. The highest BCUT2D eigenvalue weighted by Crippen LogP contribution is 2.36. The standard InChI is InChI=1S/C13H13BrClFN2O2S/c14-8-5-7(16)6-9(15)10(8)18-12(19)13(11(17)21)1-3-20-4-2-13/h5-6H,1-4H2,(H2,17,21)(H,18,19). The van der Waals surface area contributed by atoms with Crippen LogP contribution in [0.1, 0.15) is 12.8 Å². The number of ether oxygens (including phenoxy) is 1. The van der Waals surface area contributed by atoms with E-state index in [1.165, 1.54) is 6.07 Å². The Morgan fingerprint density at radius 1 is 1.48 bits per heavy atom. The Bertz CT molecular complexity index is 571. The van der Waals surface area contributed by atoms with Crippen LogP contribution in [0.3, 0.4) is 0 Å². The molecule has 0 spiro atoms. The first kappa shape index (κ1) is 16.6. The summed E-state index contributed by atoms with van der Waals surface area (Å²) in [5, 5.41) is 2.79. The Hall–Kier alpha value is -0.760. The number of hydrogen-bond donors (Lipinski definition) is 2. The van der Waals surface area contributed by atoms with Gasteiger partial charge in [-0.15, -0.1) is 0 Å². The van der Waals surface area contributed by atoms with E-state index in [0.717, 1.165) is 6.07 Å². The molecule has 0 radical (unpaired) electrons. The van der Waals surface area contributed by atoms with Crippen molar-refractivity contribution in [3.05, 3.63) is 27.4 Å². The zero-order valence-electron chi connectivity index (χ0n) is 10.9. The highest BCUT2D eigenvalue weighted by Gasteiger charge is 2.43. The van der Waals surface area contributed by atoms with Crippen molar-refractivity contribution >= 4 is 56.3 Å². The topological polar surface area (TPSA) is 64.4 Å². The van der Waals surface area contributed by atoms with Crippen molar-refractivity contribution in [2.75, 3.05) is 18.5 Å². The highest BCUT2D eigenvalue weighted by molar-refractivity contribution is 9.10. The molecule has 3 N–H and O–H groups in total. The van der Waals surface area contributed by atoms with Crippen LogP contribution < -0.4 is 11.1 Å². The van der Waals surface area contributed by atoms with Crippen LogP contribution in [0.2, 0.25) is 5.02 Å². The van der Waals surface area contributed by atoms with Crippen LogP contribution >= 0.6 is 39.7 Å². The number of carbonyl (C=O) groups excluding carboxylic acids is 1. The van der Waals surface area contributed by atoms with Crippen LogP contribution in [0.15, 0.2) is 16.6 Å². The van der Waals surface area contributed by atoms with E-state index in [4.69, 9.17) is 34.3 Å². The maximum absolute atomic E-state index is 13.2. The maximum atomic E-state index is 13.2. The van der Waals surface area contributed by atoms with Crippen molar-refractivity contribution in [1.82, 2.24) is 0 Å². The van der Waals surface area contributed by atoms with Gasteiger partial charge in [-0.1, -0.05) is 23.8 Å². The summed E-state index contributed by atoms with van der Waals surface area (Å²) in [5.41, 5.74) is 5.10. The lowest BCUT2D eigenvalue weighted by Crippen LogP contribution is -2.49. The van der Waals surface area contributed by atoms with Gasteiger partial charge in [-0.2, -0.15) is 0 Å². The molecule has 2 rings (SSSR count). The molecule has 1 aromatic rings. The molecule has 1 aromatic carbocycles. The average Bonchev–Trinajstić information content (AvgIpc) is 2.43. The zero-order chi connectivity index (χ0) is 15.6. The molecule has 1 amide bonds. The SMILES string of the molecule is NC(=S)C1(C(=O)Nc2c(Cl)cc(F)cc2Br)CCOCC1. The molecule has 0 atom stereocenters. The van der Waals surface area contributed by atoms with Gasteiger partial charge in [-0.05, 0) is 40.9 Å². The van der Waals surface area contributed by atoms with Crippen LogP contribution in [-0.4, -0.2) is 24.1 Å². The Morgan fingerprint density at radius 2 is 2.10 bits per heavy atom. The molecular weight excluding hydrogens is 383 g/mol. The molecule has 0 saturated carbocycles. The van der Waals surface area contributed by atoms with Gasteiger partial charge < -0.3 is 15.8 Å². The number of nitrogens with one attached hydrogen (secondary N) is 1. The number of nitrogens with two attached hydrogens (primary N) is 1. The van der Waals surface area contributed by atoms with Crippen LogP contribution in [0.4, 0.5) is 10.1 Å². The number of hydrogen-bond acceptors (Lipinski definition) is 3. The molecule has 0 aliphatic carbocycles. The Kier molecular flexibility index (Phi) is 5.19. The predicted octanol–water partition coefficient (Wildman–Crippen LogP) is 3.26. The summed E-state index contributed by atoms with van der Waals surface area (Å²) >= 11 is 14.2. The molecule has 21 heavy (non-hydrogen) atoms. The number of rotatable bonds is 3. The summed E-state index contributed by atoms with van der Waals surface area (Å²) in [4.78, 5) is 12.7. The Balaban J connectivity index is 2.30. The van der Waals surface area contributed by atoms with Gasteiger partial charge in [0.25, 0.3) is 0 Å². The number of anilines is 1. The van der Waals surface area contributed by atoms with Crippen molar-refractivity contribution in [3.8, 4) is 0 Å². The van der Waals surface area contributed by atoms with Crippen molar-refractivity contribution in [3.63, 3.8) is 0 Å². The van der Waals surface area contributed by atoms with Crippen LogP contribution in [0.5, 0.6) is 0 Å². The molecule has 8 heteroatoms. The first-order valence-electron chi connectivity index (χ1n) is 6.20. The van der Waals surface area contributed by atoms with Gasteiger partial charge in [0.1, 0.15) is 11.2 Å². The average molecular weight is 396 g/mol. The Morgan fingerprint density at radius 3 is 2.62 bits per heavy atom. The van der Waals surface area contributed by atoms with E-state index >= 15 is 0 Å². The minimum atomic E-state index is -0.968. The molecule has 1 saturated heterocycles. The van der Waals surface area contributed by atoms with Gasteiger partial charge in [-0.3, -0.25) is 4.79 Å². The number of carbonyl (C=O) groups is 1. The molecule has 1 fully saturated rings. The number of thiocarbonyl (C=S) groups is 1. The van der Waals surface area contributed by atoms with Gasteiger partial charge in [0.15, 0.2) is 0 Å². The summed E-state index contributed by atoms with van der Waals surface area (Å²) in [6.45, 7) is 0.812. The van der Waals surface area contributed by atoms with Gasteiger partial charge in [0.05, 0.1) is 15.7 Å². The van der Waals surface area contributed by atoms with Crippen molar-refractivity contribution in [1.29, 1.82) is 0 Å². The lowest BCUT2D eigenvalue weighted by Gasteiger charge is -2.34. The molecule has 0 aromatic heterocycles. The summed E-state index contributed by atoms with van der Waals surface area (Å²) in [5.74, 6) is -0.854. The second-order valence-electron chi connectivity index (χ2n) is 4.76. The quantitative estimate of drug-likeness (QED) is 0.771. The monoisotopic (exact) mass is 394 g/mol. The number of halogens is 3. The second kappa shape index (κ2) is 6.56. The van der Waals surface area contributed by atoms with Crippen molar-refractivity contribution in [2.45, 2.75) is 12.8 Å². The van der Waals surface area contributed by atoms with E-state index in [1.807, 2.05) is 0 Å².